The maximum atomic E-state index is 12.4. The molecule has 21 heavy (non-hydrogen) atoms. The average molecular weight is 410 g/mol. The van der Waals surface area contributed by atoms with E-state index < -0.39 is 10.0 Å². The van der Waals surface area contributed by atoms with Gasteiger partial charge in [0.25, 0.3) is 10.0 Å². The van der Waals surface area contributed by atoms with E-state index in [9.17, 15) is 8.42 Å². The molecule has 4 nitrogen and oxygen atoms in total. The Bertz CT molecular complexity index is 760. The van der Waals surface area contributed by atoms with Crippen LogP contribution in [0.4, 0.5) is 5.69 Å². The van der Waals surface area contributed by atoms with Gasteiger partial charge in [0, 0.05) is 15.9 Å². The minimum atomic E-state index is -3.63. The molecule has 0 unspecified atom stereocenters. The fraction of sp³-hybridized carbons (Fsp3) is 0.231. The SMILES string of the molecule is CNCc1sc(S(=O)(=O)Nc2ccc(Br)cc2Cl)cc1C. The molecule has 0 atom stereocenters. The maximum absolute atomic E-state index is 12.4. The number of sulfonamides is 1. The highest BCUT2D eigenvalue weighted by Crippen LogP contribution is 2.31. The lowest BCUT2D eigenvalue weighted by Gasteiger charge is -2.08. The van der Waals surface area contributed by atoms with Gasteiger partial charge in [-0.1, -0.05) is 27.5 Å². The minimum absolute atomic E-state index is 0.282. The lowest BCUT2D eigenvalue weighted by atomic mass is 10.3. The summed E-state index contributed by atoms with van der Waals surface area (Å²) in [7, 11) is -1.80. The molecule has 1 aromatic carbocycles. The van der Waals surface area contributed by atoms with Crippen molar-refractivity contribution in [1.82, 2.24) is 5.32 Å². The van der Waals surface area contributed by atoms with E-state index in [0.29, 0.717) is 17.3 Å². The van der Waals surface area contributed by atoms with E-state index in [4.69, 9.17) is 11.6 Å². The Morgan fingerprint density at radius 3 is 2.67 bits per heavy atom. The van der Waals surface area contributed by atoms with E-state index >= 15 is 0 Å². The van der Waals surface area contributed by atoms with Crippen LogP contribution in [0, 0.1) is 6.92 Å². The van der Waals surface area contributed by atoms with Crippen molar-refractivity contribution in [3.63, 3.8) is 0 Å². The first-order valence-corrected chi connectivity index (χ1v) is 9.52. The van der Waals surface area contributed by atoms with Crippen molar-refractivity contribution in [3.05, 3.63) is 44.2 Å². The third kappa shape index (κ3) is 3.98. The molecular weight excluding hydrogens is 396 g/mol. The Balaban J connectivity index is 2.32. The number of aryl methyl sites for hydroxylation is 1. The van der Waals surface area contributed by atoms with Crippen LogP contribution < -0.4 is 10.0 Å². The van der Waals surface area contributed by atoms with E-state index in [0.717, 1.165) is 14.9 Å². The number of benzene rings is 1. The smallest absolute Gasteiger partial charge is 0.271 e. The van der Waals surface area contributed by atoms with Crippen molar-refractivity contribution in [3.8, 4) is 0 Å². The molecule has 0 amide bonds. The van der Waals surface area contributed by atoms with Gasteiger partial charge in [-0.2, -0.15) is 0 Å². The monoisotopic (exact) mass is 408 g/mol. The molecule has 0 aliphatic carbocycles. The Labute approximate surface area is 141 Å². The van der Waals surface area contributed by atoms with Gasteiger partial charge in [-0.25, -0.2) is 8.42 Å². The quantitative estimate of drug-likeness (QED) is 0.785. The van der Waals surface area contributed by atoms with E-state index in [1.807, 2.05) is 14.0 Å². The van der Waals surface area contributed by atoms with Crippen molar-refractivity contribution in [2.45, 2.75) is 17.7 Å². The van der Waals surface area contributed by atoms with Crippen molar-refractivity contribution >= 4 is 54.6 Å². The lowest BCUT2D eigenvalue weighted by Crippen LogP contribution is -2.11. The average Bonchev–Trinajstić information content (AvgIpc) is 2.76. The number of nitrogens with one attached hydrogen (secondary N) is 2. The maximum Gasteiger partial charge on any atom is 0.271 e. The molecule has 0 saturated carbocycles. The number of hydrogen-bond acceptors (Lipinski definition) is 4. The van der Waals surface area contributed by atoms with Crippen LogP contribution in [0.1, 0.15) is 10.4 Å². The van der Waals surface area contributed by atoms with Crippen LogP contribution in [0.3, 0.4) is 0 Å². The van der Waals surface area contributed by atoms with Gasteiger partial charge in [0.2, 0.25) is 0 Å². The minimum Gasteiger partial charge on any atom is -0.315 e. The number of thiophene rings is 1. The van der Waals surface area contributed by atoms with E-state index in [-0.39, 0.29) is 4.21 Å². The summed E-state index contributed by atoms with van der Waals surface area (Å²) in [5.74, 6) is 0. The van der Waals surface area contributed by atoms with Crippen LogP contribution in [-0.4, -0.2) is 15.5 Å². The summed E-state index contributed by atoms with van der Waals surface area (Å²) in [6, 6.07) is 6.67. The second kappa shape index (κ2) is 6.66. The summed E-state index contributed by atoms with van der Waals surface area (Å²) in [6.07, 6.45) is 0. The van der Waals surface area contributed by atoms with Crippen molar-refractivity contribution < 1.29 is 8.42 Å². The molecule has 0 aliphatic heterocycles. The van der Waals surface area contributed by atoms with Crippen molar-refractivity contribution in [1.29, 1.82) is 0 Å². The normalized spacial score (nSPS) is 11.6. The molecule has 8 heteroatoms. The Kier molecular flexibility index (Phi) is 5.32. The second-order valence-corrected chi connectivity index (χ2v) is 8.80. The van der Waals surface area contributed by atoms with E-state index in [1.54, 1.807) is 24.3 Å². The Hall–Kier alpha value is -0.600. The van der Waals surface area contributed by atoms with Gasteiger partial charge in [0.15, 0.2) is 0 Å². The zero-order chi connectivity index (χ0) is 15.6. The zero-order valence-corrected chi connectivity index (χ0v) is 15.4. The molecule has 0 aliphatic rings. The first kappa shape index (κ1) is 16.8. The molecular formula is C13H14BrClN2O2S2. The highest BCUT2D eigenvalue weighted by atomic mass is 79.9. The molecule has 0 fully saturated rings. The lowest BCUT2D eigenvalue weighted by molar-refractivity contribution is 0.603. The summed E-state index contributed by atoms with van der Waals surface area (Å²) in [5, 5.41) is 3.37. The van der Waals surface area contributed by atoms with Crippen molar-refractivity contribution in [2.75, 3.05) is 11.8 Å². The number of rotatable bonds is 5. The molecule has 0 saturated heterocycles. The summed E-state index contributed by atoms with van der Waals surface area (Å²) in [5.41, 5.74) is 1.32. The molecule has 1 heterocycles. The van der Waals surface area contributed by atoms with Crippen LogP contribution in [0.25, 0.3) is 0 Å². The fourth-order valence-electron chi connectivity index (χ4n) is 1.72. The highest BCUT2D eigenvalue weighted by Gasteiger charge is 2.20. The topological polar surface area (TPSA) is 58.2 Å². The van der Waals surface area contributed by atoms with Crippen LogP contribution in [0.15, 0.2) is 32.9 Å². The molecule has 2 N–H and O–H groups in total. The molecule has 2 rings (SSSR count). The molecule has 1 aromatic heterocycles. The fourth-order valence-corrected chi connectivity index (χ4v) is 5.18. The zero-order valence-electron chi connectivity index (χ0n) is 11.4. The van der Waals surface area contributed by atoms with Gasteiger partial charge in [0.1, 0.15) is 4.21 Å². The van der Waals surface area contributed by atoms with Crippen molar-refractivity contribution in [2.24, 2.45) is 0 Å². The van der Waals surface area contributed by atoms with Gasteiger partial charge in [-0.05, 0) is 43.8 Å². The molecule has 0 radical (unpaired) electrons. The largest absolute Gasteiger partial charge is 0.315 e. The predicted octanol–water partition coefficient (Wildman–Crippen LogP) is 3.99. The third-order valence-corrected chi connectivity index (χ3v) is 6.66. The van der Waals surface area contributed by atoms with Gasteiger partial charge in [-0.3, -0.25) is 4.72 Å². The molecule has 0 spiro atoms. The third-order valence-electron chi connectivity index (χ3n) is 2.78. The number of hydrogen-bond donors (Lipinski definition) is 2. The van der Waals surface area contributed by atoms with E-state index in [2.05, 4.69) is 26.0 Å². The first-order valence-electron chi connectivity index (χ1n) is 6.05. The molecule has 2 aromatic rings. The first-order chi connectivity index (χ1) is 9.83. The van der Waals surface area contributed by atoms with Gasteiger partial charge < -0.3 is 5.32 Å². The molecule has 0 bridgehead atoms. The highest BCUT2D eigenvalue weighted by molar-refractivity contribution is 9.10. The van der Waals surface area contributed by atoms with Crippen LogP contribution in [-0.2, 0) is 16.6 Å². The Morgan fingerprint density at radius 2 is 2.05 bits per heavy atom. The summed E-state index contributed by atoms with van der Waals surface area (Å²) < 4.78 is 28.4. The standard InChI is InChI=1S/C13H14BrClN2O2S2/c1-8-5-13(20-12(8)7-16-2)21(18,19)17-11-4-3-9(14)6-10(11)15/h3-6,16-17H,7H2,1-2H3. The second-order valence-electron chi connectivity index (χ2n) is 4.43. The van der Waals surface area contributed by atoms with Crippen LogP contribution in [0.2, 0.25) is 5.02 Å². The number of halogens is 2. The van der Waals surface area contributed by atoms with Crippen LogP contribution in [0.5, 0.6) is 0 Å². The summed E-state index contributed by atoms with van der Waals surface area (Å²) in [6.45, 7) is 2.54. The van der Waals surface area contributed by atoms with Gasteiger partial charge in [-0.15, -0.1) is 11.3 Å². The summed E-state index contributed by atoms with van der Waals surface area (Å²) >= 11 is 10.6. The van der Waals surface area contributed by atoms with Gasteiger partial charge >= 0.3 is 0 Å². The number of anilines is 1. The van der Waals surface area contributed by atoms with E-state index in [1.165, 1.54) is 11.3 Å². The molecule has 114 valence electrons. The van der Waals surface area contributed by atoms with Gasteiger partial charge in [0.05, 0.1) is 10.7 Å². The Morgan fingerprint density at radius 1 is 1.33 bits per heavy atom. The summed E-state index contributed by atoms with van der Waals surface area (Å²) in [4.78, 5) is 1.000. The van der Waals surface area contributed by atoms with Crippen LogP contribution >= 0.6 is 38.9 Å². The predicted molar refractivity (Wildman–Crippen MR) is 91.8 cm³/mol.